The van der Waals surface area contributed by atoms with Gasteiger partial charge in [0, 0.05) is 16.6 Å². The second kappa shape index (κ2) is 7.44. The van der Waals surface area contributed by atoms with Crippen LogP contribution in [0, 0.1) is 5.92 Å². The van der Waals surface area contributed by atoms with Crippen LogP contribution in [0.5, 0.6) is 0 Å². The molecule has 0 bridgehead atoms. The zero-order valence-corrected chi connectivity index (χ0v) is 12.0. The predicted octanol–water partition coefficient (Wildman–Crippen LogP) is 3.91. The van der Waals surface area contributed by atoms with Crippen molar-refractivity contribution >= 4 is 21.8 Å². The lowest BCUT2D eigenvalue weighted by Crippen LogP contribution is -2.30. The molecule has 1 aliphatic rings. The normalized spacial score (nSPS) is 20.9. The highest BCUT2D eigenvalue weighted by atomic mass is 79.9. The molecule has 0 aromatic rings. The molecule has 1 N–H and O–H groups in total. The zero-order chi connectivity index (χ0) is 12.7. The van der Waals surface area contributed by atoms with Crippen molar-refractivity contribution < 1.29 is 4.79 Å². The molecule has 16 heavy (non-hydrogen) atoms. The number of amides is 1. The smallest absolute Gasteiger partial charge is 0.224 e. The van der Waals surface area contributed by atoms with Crippen LogP contribution in [0.1, 0.15) is 34.1 Å². The van der Waals surface area contributed by atoms with Crippen LogP contribution in [0.15, 0.2) is 34.5 Å². The Hall–Kier alpha value is -0.830. The number of halogens is 1. The molecule has 0 aromatic heterocycles. The number of hydrogen-bond donors (Lipinski definition) is 1. The molecule has 3 heteroatoms. The van der Waals surface area contributed by atoms with Crippen molar-refractivity contribution in [2.75, 3.05) is 0 Å². The summed E-state index contributed by atoms with van der Waals surface area (Å²) in [6.07, 6.45) is 4.30. The predicted molar refractivity (Wildman–Crippen MR) is 73.2 cm³/mol. The summed E-state index contributed by atoms with van der Waals surface area (Å²) in [6.45, 7) is 11.6. The molecule has 1 heterocycles. The van der Waals surface area contributed by atoms with Gasteiger partial charge in [0.25, 0.3) is 0 Å². The van der Waals surface area contributed by atoms with E-state index in [9.17, 15) is 4.79 Å². The summed E-state index contributed by atoms with van der Waals surface area (Å²) < 4.78 is 0.940. The lowest BCUT2D eigenvalue weighted by Gasteiger charge is -2.22. The molecule has 90 valence electrons. The van der Waals surface area contributed by atoms with Crippen LogP contribution in [0.2, 0.25) is 0 Å². The van der Waals surface area contributed by atoms with Gasteiger partial charge in [0.05, 0.1) is 0 Å². The fourth-order valence-corrected chi connectivity index (χ4v) is 1.79. The van der Waals surface area contributed by atoms with Crippen molar-refractivity contribution in [3.05, 3.63) is 34.5 Å². The minimum atomic E-state index is 0.0990. The molecule has 0 saturated carbocycles. The lowest BCUT2D eigenvalue weighted by molar-refractivity contribution is -0.121. The summed E-state index contributed by atoms with van der Waals surface area (Å²) in [5.41, 5.74) is 2.10. The monoisotopic (exact) mass is 285 g/mol. The molecule has 1 unspecified atom stereocenters. The fourth-order valence-electron chi connectivity index (χ4n) is 1.55. The highest BCUT2D eigenvalue weighted by molar-refractivity contribution is 9.11. The van der Waals surface area contributed by atoms with Crippen LogP contribution in [-0.2, 0) is 4.79 Å². The van der Waals surface area contributed by atoms with Crippen LogP contribution < -0.4 is 5.32 Å². The maximum Gasteiger partial charge on any atom is 0.224 e. The first-order valence-corrected chi connectivity index (χ1v) is 6.34. The quantitative estimate of drug-likeness (QED) is 0.766. The van der Waals surface area contributed by atoms with Gasteiger partial charge in [0.2, 0.25) is 5.91 Å². The van der Waals surface area contributed by atoms with Crippen LogP contribution in [0.3, 0.4) is 0 Å². The molecular formula is C13H20BrNO. The fraction of sp³-hybridized carbons (Fsp3) is 0.462. The first kappa shape index (κ1) is 15.2. The molecule has 1 atom stereocenters. The molecule has 0 aromatic carbocycles. The third kappa shape index (κ3) is 4.35. The zero-order valence-electron chi connectivity index (χ0n) is 10.4. The van der Waals surface area contributed by atoms with Gasteiger partial charge < -0.3 is 5.32 Å². The number of nitrogens with one attached hydrogen (secondary N) is 1. The van der Waals surface area contributed by atoms with Gasteiger partial charge in [-0.15, -0.1) is 0 Å². The number of carbonyl (C=O) groups excluding carboxylic acids is 1. The molecule has 2 nitrogen and oxygen atoms in total. The van der Waals surface area contributed by atoms with E-state index in [1.807, 2.05) is 26.8 Å². The van der Waals surface area contributed by atoms with E-state index in [-0.39, 0.29) is 11.8 Å². The Kier molecular flexibility index (Phi) is 7.06. The van der Waals surface area contributed by atoms with Crippen molar-refractivity contribution in [3.63, 3.8) is 0 Å². The molecule has 1 aliphatic heterocycles. The maximum atomic E-state index is 11.2. The Morgan fingerprint density at radius 3 is 2.56 bits per heavy atom. The molecule has 0 spiro atoms. The Morgan fingerprint density at radius 2 is 2.12 bits per heavy atom. The Balaban J connectivity index is 0.00000106. The summed E-state index contributed by atoms with van der Waals surface area (Å²) in [6, 6.07) is 0. The van der Waals surface area contributed by atoms with Crippen LogP contribution in [-0.4, -0.2) is 5.91 Å². The SMILES string of the molecule is C=C/C(Br)=C\C1=C(C)NC(=O)CC1C.CC. The van der Waals surface area contributed by atoms with Crippen molar-refractivity contribution in [1.29, 1.82) is 0 Å². The molecule has 1 rings (SSSR count). The molecule has 0 saturated heterocycles. The molecule has 0 radical (unpaired) electrons. The van der Waals surface area contributed by atoms with Gasteiger partial charge in [-0.2, -0.15) is 0 Å². The van der Waals surface area contributed by atoms with Crippen molar-refractivity contribution in [2.24, 2.45) is 5.92 Å². The summed E-state index contributed by atoms with van der Waals surface area (Å²) in [5.74, 6) is 0.373. The third-order valence-electron chi connectivity index (χ3n) is 2.27. The van der Waals surface area contributed by atoms with Crippen LogP contribution in [0.4, 0.5) is 0 Å². The summed E-state index contributed by atoms with van der Waals surface area (Å²) in [5, 5.41) is 2.83. The first-order valence-electron chi connectivity index (χ1n) is 5.55. The second-order valence-corrected chi connectivity index (χ2v) is 4.38. The Morgan fingerprint density at radius 1 is 1.56 bits per heavy atom. The molecular weight excluding hydrogens is 266 g/mol. The van der Waals surface area contributed by atoms with E-state index in [1.165, 1.54) is 0 Å². The van der Waals surface area contributed by atoms with Gasteiger partial charge in [0.15, 0.2) is 0 Å². The average Bonchev–Trinajstić information content (AvgIpc) is 2.25. The summed E-state index contributed by atoms with van der Waals surface area (Å²) in [7, 11) is 0. The van der Waals surface area contributed by atoms with Crippen molar-refractivity contribution in [3.8, 4) is 0 Å². The largest absolute Gasteiger partial charge is 0.330 e. The molecule has 1 amide bonds. The van der Waals surface area contributed by atoms with E-state index < -0.39 is 0 Å². The second-order valence-electron chi connectivity index (χ2n) is 3.47. The molecule has 0 aliphatic carbocycles. The summed E-state index contributed by atoms with van der Waals surface area (Å²) in [4.78, 5) is 11.2. The topological polar surface area (TPSA) is 29.1 Å². The van der Waals surface area contributed by atoms with Crippen LogP contribution >= 0.6 is 15.9 Å². The van der Waals surface area contributed by atoms with Crippen molar-refractivity contribution in [1.82, 2.24) is 5.32 Å². The Bertz CT molecular complexity index is 329. The van der Waals surface area contributed by atoms with E-state index in [4.69, 9.17) is 0 Å². The van der Waals surface area contributed by atoms with E-state index in [0.29, 0.717) is 6.42 Å². The standard InChI is InChI=1S/C11H14BrNO.C2H6/c1-4-9(12)6-10-7(2)5-11(14)13-8(10)3;1-2/h4,6-7H,1,5H2,2-3H3,(H,13,14);1-2H3/b9-6+;. The maximum absolute atomic E-state index is 11.2. The van der Waals surface area contributed by atoms with Gasteiger partial charge in [0.1, 0.15) is 0 Å². The van der Waals surface area contributed by atoms with Gasteiger partial charge in [-0.05, 0) is 24.5 Å². The summed E-state index contributed by atoms with van der Waals surface area (Å²) >= 11 is 3.38. The van der Waals surface area contributed by atoms with E-state index >= 15 is 0 Å². The van der Waals surface area contributed by atoms with Gasteiger partial charge in [-0.25, -0.2) is 0 Å². The van der Waals surface area contributed by atoms with E-state index in [0.717, 1.165) is 15.8 Å². The van der Waals surface area contributed by atoms with E-state index in [2.05, 4.69) is 34.7 Å². The highest BCUT2D eigenvalue weighted by Gasteiger charge is 2.20. The first-order chi connectivity index (χ1) is 7.54. The molecule has 0 fully saturated rings. The van der Waals surface area contributed by atoms with Gasteiger partial charge in [-0.1, -0.05) is 49.4 Å². The third-order valence-corrected chi connectivity index (χ3v) is 2.82. The number of rotatable bonds is 2. The number of allylic oxidation sites excluding steroid dienone is 5. The minimum Gasteiger partial charge on any atom is -0.330 e. The van der Waals surface area contributed by atoms with Crippen LogP contribution in [0.25, 0.3) is 0 Å². The van der Waals surface area contributed by atoms with E-state index in [1.54, 1.807) is 6.08 Å². The number of hydrogen-bond acceptors (Lipinski definition) is 1. The lowest BCUT2D eigenvalue weighted by atomic mass is 9.92. The Labute approximate surface area is 107 Å². The minimum absolute atomic E-state index is 0.0990. The average molecular weight is 286 g/mol. The van der Waals surface area contributed by atoms with Crippen molar-refractivity contribution in [2.45, 2.75) is 34.1 Å². The number of carbonyl (C=O) groups is 1. The highest BCUT2D eigenvalue weighted by Crippen LogP contribution is 2.25. The van der Waals surface area contributed by atoms with Gasteiger partial charge in [-0.3, -0.25) is 4.79 Å². The van der Waals surface area contributed by atoms with Gasteiger partial charge >= 0.3 is 0 Å².